The van der Waals surface area contributed by atoms with E-state index in [0.29, 0.717) is 0 Å². The van der Waals surface area contributed by atoms with Crippen LogP contribution >= 0.6 is 0 Å². The van der Waals surface area contributed by atoms with Gasteiger partial charge in [-0.2, -0.15) is 0 Å². The first-order valence-electron chi connectivity index (χ1n) is 6.01. The van der Waals surface area contributed by atoms with Gasteiger partial charge in [0.15, 0.2) is 0 Å². The number of likely N-dealkylation sites (N-methyl/N-ethyl adjacent to an activating group) is 1. The molecule has 19 heavy (non-hydrogen) atoms. The molecular formula is C13H18F2N2O2. The zero-order valence-corrected chi connectivity index (χ0v) is 11.0. The van der Waals surface area contributed by atoms with Gasteiger partial charge in [0.25, 0.3) is 0 Å². The summed E-state index contributed by atoms with van der Waals surface area (Å²) in [6.07, 6.45) is 0.0750. The number of aliphatic hydroxyl groups is 1. The van der Waals surface area contributed by atoms with Crippen molar-refractivity contribution in [2.75, 3.05) is 20.2 Å². The monoisotopic (exact) mass is 272 g/mol. The van der Waals surface area contributed by atoms with Crippen LogP contribution in [0.2, 0.25) is 0 Å². The summed E-state index contributed by atoms with van der Waals surface area (Å²) in [6, 6.07) is 2.95. The number of hydrogen-bond acceptors (Lipinski definition) is 2. The molecule has 0 bridgehead atoms. The van der Waals surface area contributed by atoms with Crippen LogP contribution in [-0.2, 0) is 6.42 Å². The molecule has 0 radical (unpaired) electrons. The maximum Gasteiger partial charge on any atom is 0.317 e. The van der Waals surface area contributed by atoms with Crippen molar-refractivity contribution in [1.29, 1.82) is 0 Å². The number of amides is 2. The third kappa shape index (κ3) is 4.17. The standard InChI is InChI=1S/C13H18F2N2O2/c1-9(8-18)17(2)13(19)16-7-6-10-11(14)4-3-5-12(10)15/h3-5,9,18H,6-8H2,1-2H3,(H,16,19). The molecular weight excluding hydrogens is 254 g/mol. The number of carbonyl (C=O) groups excluding carboxylic acids is 1. The maximum absolute atomic E-state index is 13.3. The number of hydrogen-bond donors (Lipinski definition) is 2. The van der Waals surface area contributed by atoms with Gasteiger partial charge in [-0.15, -0.1) is 0 Å². The van der Waals surface area contributed by atoms with E-state index < -0.39 is 17.7 Å². The summed E-state index contributed by atoms with van der Waals surface area (Å²) in [5.41, 5.74) is -0.0411. The highest BCUT2D eigenvalue weighted by Crippen LogP contribution is 2.12. The second kappa shape index (κ2) is 7.04. The van der Waals surface area contributed by atoms with E-state index in [9.17, 15) is 13.6 Å². The molecule has 0 aliphatic carbocycles. The summed E-state index contributed by atoms with van der Waals surface area (Å²) in [6.45, 7) is 1.67. The van der Waals surface area contributed by atoms with Gasteiger partial charge in [0.05, 0.1) is 12.6 Å². The minimum atomic E-state index is -0.619. The highest BCUT2D eigenvalue weighted by atomic mass is 19.1. The molecule has 1 atom stereocenters. The Bertz CT molecular complexity index is 420. The summed E-state index contributed by atoms with van der Waals surface area (Å²) in [5.74, 6) is -1.24. The smallest absolute Gasteiger partial charge is 0.317 e. The predicted molar refractivity (Wildman–Crippen MR) is 67.8 cm³/mol. The van der Waals surface area contributed by atoms with E-state index in [2.05, 4.69) is 5.32 Å². The first kappa shape index (κ1) is 15.4. The van der Waals surface area contributed by atoms with Crippen molar-refractivity contribution in [3.05, 3.63) is 35.4 Å². The molecule has 2 N–H and O–H groups in total. The van der Waals surface area contributed by atoms with E-state index in [1.165, 1.54) is 23.1 Å². The van der Waals surface area contributed by atoms with Crippen molar-refractivity contribution < 1.29 is 18.7 Å². The van der Waals surface area contributed by atoms with Crippen LogP contribution in [0.4, 0.5) is 13.6 Å². The van der Waals surface area contributed by atoms with Crippen LogP contribution in [0.5, 0.6) is 0 Å². The summed E-state index contributed by atoms with van der Waals surface area (Å²) in [4.78, 5) is 13.0. The lowest BCUT2D eigenvalue weighted by Crippen LogP contribution is -2.44. The van der Waals surface area contributed by atoms with Gasteiger partial charge in [0, 0.05) is 19.2 Å². The van der Waals surface area contributed by atoms with E-state index in [-0.39, 0.29) is 31.2 Å². The number of aliphatic hydroxyl groups excluding tert-OH is 1. The molecule has 0 spiro atoms. The van der Waals surface area contributed by atoms with Crippen molar-refractivity contribution in [2.24, 2.45) is 0 Å². The molecule has 1 unspecified atom stereocenters. The number of halogens is 2. The van der Waals surface area contributed by atoms with Gasteiger partial charge in [-0.25, -0.2) is 13.6 Å². The number of rotatable bonds is 5. The Morgan fingerprint density at radius 3 is 2.53 bits per heavy atom. The average molecular weight is 272 g/mol. The third-order valence-electron chi connectivity index (χ3n) is 2.96. The molecule has 1 aromatic carbocycles. The van der Waals surface area contributed by atoms with Gasteiger partial charge in [-0.1, -0.05) is 6.07 Å². The zero-order valence-electron chi connectivity index (χ0n) is 11.0. The lowest BCUT2D eigenvalue weighted by molar-refractivity contribution is 0.157. The number of urea groups is 1. The van der Waals surface area contributed by atoms with Gasteiger partial charge >= 0.3 is 6.03 Å². The van der Waals surface area contributed by atoms with Gasteiger partial charge < -0.3 is 15.3 Å². The number of nitrogens with zero attached hydrogens (tertiary/aromatic N) is 1. The molecule has 6 heteroatoms. The molecule has 1 aromatic rings. The summed E-state index contributed by atoms with van der Waals surface area (Å²) in [5, 5.41) is 11.5. The van der Waals surface area contributed by atoms with Crippen molar-refractivity contribution in [2.45, 2.75) is 19.4 Å². The molecule has 2 amide bonds. The summed E-state index contributed by atoms with van der Waals surface area (Å²) in [7, 11) is 1.54. The highest BCUT2D eigenvalue weighted by molar-refractivity contribution is 5.74. The van der Waals surface area contributed by atoms with Crippen LogP contribution in [0.1, 0.15) is 12.5 Å². The second-order valence-corrected chi connectivity index (χ2v) is 4.32. The normalized spacial score (nSPS) is 12.1. The molecule has 0 aliphatic rings. The Morgan fingerprint density at radius 1 is 1.42 bits per heavy atom. The van der Waals surface area contributed by atoms with Crippen LogP contribution in [0, 0.1) is 11.6 Å². The third-order valence-corrected chi connectivity index (χ3v) is 2.96. The molecule has 4 nitrogen and oxygen atoms in total. The molecule has 0 saturated carbocycles. The van der Waals surface area contributed by atoms with E-state index in [4.69, 9.17) is 5.11 Å². The lowest BCUT2D eigenvalue weighted by atomic mass is 10.1. The fourth-order valence-electron chi connectivity index (χ4n) is 1.51. The van der Waals surface area contributed by atoms with Crippen molar-refractivity contribution in [1.82, 2.24) is 10.2 Å². The van der Waals surface area contributed by atoms with Gasteiger partial charge in [0.1, 0.15) is 11.6 Å². The maximum atomic E-state index is 13.3. The Hall–Kier alpha value is -1.69. The first-order valence-corrected chi connectivity index (χ1v) is 6.01. The molecule has 1 rings (SSSR count). The van der Waals surface area contributed by atoms with E-state index in [1.54, 1.807) is 14.0 Å². The fraction of sp³-hybridized carbons (Fsp3) is 0.462. The molecule has 0 heterocycles. The van der Waals surface area contributed by atoms with Crippen LogP contribution in [-0.4, -0.2) is 42.3 Å². The van der Waals surface area contributed by atoms with Crippen molar-refractivity contribution in [3.8, 4) is 0 Å². The van der Waals surface area contributed by atoms with Gasteiger partial charge in [0.2, 0.25) is 0 Å². The van der Waals surface area contributed by atoms with Crippen LogP contribution in [0.15, 0.2) is 18.2 Å². The summed E-state index contributed by atoms with van der Waals surface area (Å²) < 4.78 is 26.6. The first-order chi connectivity index (χ1) is 8.97. The van der Waals surface area contributed by atoms with Crippen LogP contribution < -0.4 is 5.32 Å². The van der Waals surface area contributed by atoms with Crippen molar-refractivity contribution >= 4 is 6.03 Å². The number of carbonyl (C=O) groups is 1. The van der Waals surface area contributed by atoms with E-state index in [1.807, 2.05) is 0 Å². The van der Waals surface area contributed by atoms with E-state index in [0.717, 1.165) is 0 Å². The topological polar surface area (TPSA) is 52.6 Å². The average Bonchev–Trinajstić information content (AvgIpc) is 2.40. The lowest BCUT2D eigenvalue weighted by Gasteiger charge is -2.23. The molecule has 106 valence electrons. The Balaban J connectivity index is 2.49. The van der Waals surface area contributed by atoms with Crippen LogP contribution in [0.3, 0.4) is 0 Å². The molecule has 0 fully saturated rings. The Morgan fingerprint density at radius 2 is 2.00 bits per heavy atom. The van der Waals surface area contributed by atoms with Gasteiger partial charge in [-0.3, -0.25) is 0 Å². The zero-order chi connectivity index (χ0) is 14.4. The van der Waals surface area contributed by atoms with Crippen LogP contribution in [0.25, 0.3) is 0 Å². The Labute approximate surface area is 111 Å². The predicted octanol–water partition coefficient (Wildman–Crippen LogP) is 1.53. The van der Waals surface area contributed by atoms with Crippen molar-refractivity contribution in [3.63, 3.8) is 0 Å². The second-order valence-electron chi connectivity index (χ2n) is 4.32. The fourth-order valence-corrected chi connectivity index (χ4v) is 1.51. The minimum Gasteiger partial charge on any atom is -0.394 e. The van der Waals surface area contributed by atoms with E-state index >= 15 is 0 Å². The molecule has 0 aromatic heterocycles. The SMILES string of the molecule is CC(CO)N(C)C(=O)NCCc1c(F)cccc1F. The molecule has 0 aliphatic heterocycles. The molecule has 0 saturated heterocycles. The Kier molecular flexibility index (Phi) is 5.69. The quantitative estimate of drug-likeness (QED) is 0.854. The highest BCUT2D eigenvalue weighted by Gasteiger charge is 2.14. The largest absolute Gasteiger partial charge is 0.394 e. The number of nitrogens with one attached hydrogen (secondary N) is 1. The minimum absolute atomic E-state index is 0.0411. The summed E-state index contributed by atoms with van der Waals surface area (Å²) >= 11 is 0. The van der Waals surface area contributed by atoms with Gasteiger partial charge in [-0.05, 0) is 25.5 Å². The number of benzene rings is 1.